The Morgan fingerprint density at radius 1 is 1.09 bits per heavy atom. The summed E-state index contributed by atoms with van der Waals surface area (Å²) in [4.78, 5) is 27.4. The number of aliphatic carboxylic acids is 1. The van der Waals surface area contributed by atoms with Gasteiger partial charge in [-0.1, -0.05) is 35.5 Å². The zero-order valence-corrected chi connectivity index (χ0v) is 17.3. The minimum absolute atomic E-state index is 0.114. The molecule has 0 radical (unpaired) electrons. The zero-order valence-electron chi connectivity index (χ0n) is 17.3. The van der Waals surface area contributed by atoms with Crippen molar-refractivity contribution in [3.05, 3.63) is 71.8 Å². The van der Waals surface area contributed by atoms with E-state index in [1.54, 1.807) is 12.4 Å². The van der Waals surface area contributed by atoms with Crippen LogP contribution in [0.1, 0.15) is 17.0 Å². The molecule has 1 aliphatic rings. The smallest absolute Gasteiger partial charge is 0.486 e. The molecule has 0 unspecified atom stereocenters. The van der Waals surface area contributed by atoms with E-state index >= 15 is 0 Å². The summed E-state index contributed by atoms with van der Waals surface area (Å²) in [7, 11) is 0. The third-order valence-electron chi connectivity index (χ3n) is 4.64. The molecule has 0 saturated heterocycles. The van der Waals surface area contributed by atoms with Gasteiger partial charge in [0.05, 0.1) is 31.4 Å². The van der Waals surface area contributed by atoms with Crippen LogP contribution in [-0.2, 0) is 35.7 Å². The Balaban J connectivity index is 0.000000383. The number of ether oxygens (including phenoxy) is 1. The van der Waals surface area contributed by atoms with Crippen molar-refractivity contribution in [1.82, 2.24) is 24.9 Å². The lowest BCUT2D eigenvalue weighted by Crippen LogP contribution is -2.39. The molecule has 1 aliphatic heterocycles. The van der Waals surface area contributed by atoms with Crippen molar-refractivity contribution >= 4 is 11.9 Å². The van der Waals surface area contributed by atoms with Crippen LogP contribution in [0.15, 0.2) is 54.9 Å². The van der Waals surface area contributed by atoms with Gasteiger partial charge in [-0.15, -0.1) is 5.10 Å². The van der Waals surface area contributed by atoms with Gasteiger partial charge in [0.1, 0.15) is 18.1 Å². The number of amides is 1. The number of carboxylic acids is 1. The van der Waals surface area contributed by atoms with E-state index < -0.39 is 12.1 Å². The first kappa shape index (κ1) is 23.7. The molecule has 0 fully saturated rings. The molecule has 1 amide bonds. The molecule has 3 heterocycles. The Morgan fingerprint density at radius 3 is 2.45 bits per heavy atom. The fraction of sp³-hybridized carbons (Fsp3) is 0.286. The van der Waals surface area contributed by atoms with Gasteiger partial charge in [-0.2, -0.15) is 13.2 Å². The molecule has 1 N–H and O–H groups in total. The molecule has 174 valence electrons. The number of carboxylic acid groups (broad SMARTS) is 1. The van der Waals surface area contributed by atoms with E-state index in [0.717, 1.165) is 17.0 Å². The number of fused-ring (bicyclic) bond motifs is 1. The summed E-state index contributed by atoms with van der Waals surface area (Å²) in [6.07, 6.45) is -1.32. The van der Waals surface area contributed by atoms with Crippen molar-refractivity contribution in [1.29, 1.82) is 0 Å². The minimum Gasteiger partial charge on any atom is -0.486 e. The highest BCUT2D eigenvalue weighted by Crippen LogP contribution is 2.18. The standard InChI is InChI=1S/C19H19N5O2.C2HF3O2/c25-19(11-15-5-2-1-3-6-15)23-9-10-24-18(13-23)17(21-22-24)14-26-16-7-4-8-20-12-16;3-2(4,5)1(6)7/h1-8,12H,9-11,13-14H2;(H,6,7). The van der Waals surface area contributed by atoms with Gasteiger partial charge in [0, 0.05) is 12.7 Å². The minimum atomic E-state index is -5.08. The monoisotopic (exact) mass is 463 g/mol. The van der Waals surface area contributed by atoms with Crippen LogP contribution in [-0.4, -0.2) is 54.6 Å². The highest BCUT2D eigenvalue weighted by atomic mass is 19.4. The number of hydrogen-bond acceptors (Lipinski definition) is 6. The summed E-state index contributed by atoms with van der Waals surface area (Å²) in [5.41, 5.74) is 2.71. The van der Waals surface area contributed by atoms with Crippen LogP contribution >= 0.6 is 0 Å². The molecule has 9 nitrogen and oxygen atoms in total. The Kier molecular flexibility index (Phi) is 7.59. The number of pyridine rings is 1. The second-order valence-corrected chi connectivity index (χ2v) is 6.96. The average molecular weight is 463 g/mol. The summed E-state index contributed by atoms with van der Waals surface area (Å²) in [5, 5.41) is 15.5. The fourth-order valence-corrected chi connectivity index (χ4v) is 2.99. The Morgan fingerprint density at radius 2 is 1.82 bits per heavy atom. The maximum absolute atomic E-state index is 12.6. The highest BCUT2D eigenvalue weighted by Gasteiger charge is 2.38. The van der Waals surface area contributed by atoms with Crippen LogP contribution in [0.25, 0.3) is 0 Å². The fourth-order valence-electron chi connectivity index (χ4n) is 2.99. The molecule has 4 rings (SSSR count). The van der Waals surface area contributed by atoms with E-state index in [1.807, 2.05) is 52.0 Å². The van der Waals surface area contributed by atoms with E-state index in [1.165, 1.54) is 0 Å². The summed E-state index contributed by atoms with van der Waals surface area (Å²) in [6.45, 7) is 2.10. The molecule has 2 aromatic heterocycles. The van der Waals surface area contributed by atoms with Crippen LogP contribution in [0.2, 0.25) is 0 Å². The molecule has 3 aromatic rings. The molecule has 0 atom stereocenters. The van der Waals surface area contributed by atoms with Crippen LogP contribution in [0, 0.1) is 0 Å². The maximum Gasteiger partial charge on any atom is 0.490 e. The maximum atomic E-state index is 12.6. The molecule has 0 saturated carbocycles. The number of rotatable bonds is 5. The predicted octanol–water partition coefficient (Wildman–Crippen LogP) is 2.47. The van der Waals surface area contributed by atoms with Crippen LogP contribution in [0.3, 0.4) is 0 Å². The molecule has 0 bridgehead atoms. The van der Waals surface area contributed by atoms with Crippen molar-refractivity contribution in [2.75, 3.05) is 6.54 Å². The lowest BCUT2D eigenvalue weighted by Gasteiger charge is -2.28. The summed E-state index contributed by atoms with van der Waals surface area (Å²) >= 11 is 0. The lowest BCUT2D eigenvalue weighted by atomic mass is 10.1. The molecule has 33 heavy (non-hydrogen) atoms. The summed E-state index contributed by atoms with van der Waals surface area (Å²) in [5.74, 6) is -1.96. The van der Waals surface area contributed by atoms with Crippen LogP contribution in [0.4, 0.5) is 13.2 Å². The van der Waals surface area contributed by atoms with Gasteiger partial charge < -0.3 is 14.7 Å². The first-order chi connectivity index (χ1) is 15.7. The number of aromatic nitrogens is 4. The second-order valence-electron chi connectivity index (χ2n) is 6.96. The molecular weight excluding hydrogens is 443 g/mol. The van der Waals surface area contributed by atoms with Gasteiger partial charge in [-0.05, 0) is 17.7 Å². The number of halogens is 3. The van der Waals surface area contributed by atoms with Gasteiger partial charge in [0.25, 0.3) is 0 Å². The van der Waals surface area contributed by atoms with Crippen molar-refractivity contribution < 1.29 is 32.6 Å². The zero-order chi connectivity index (χ0) is 23.8. The Bertz CT molecular complexity index is 1070. The first-order valence-electron chi connectivity index (χ1n) is 9.80. The van der Waals surface area contributed by atoms with Gasteiger partial charge in [-0.25, -0.2) is 9.48 Å². The van der Waals surface area contributed by atoms with Gasteiger partial charge in [0.15, 0.2) is 0 Å². The number of benzene rings is 1. The van der Waals surface area contributed by atoms with E-state index in [9.17, 15) is 18.0 Å². The quantitative estimate of drug-likeness (QED) is 0.619. The van der Waals surface area contributed by atoms with E-state index in [-0.39, 0.29) is 5.91 Å². The number of hydrogen-bond donors (Lipinski definition) is 1. The van der Waals surface area contributed by atoms with Gasteiger partial charge in [0.2, 0.25) is 5.91 Å². The SMILES string of the molecule is O=C(Cc1ccccc1)N1CCn2nnc(COc3cccnc3)c2C1.O=C(O)C(F)(F)F. The Labute approximate surface area is 186 Å². The summed E-state index contributed by atoms with van der Waals surface area (Å²) < 4.78 is 39.3. The van der Waals surface area contributed by atoms with Crippen molar-refractivity contribution in [3.63, 3.8) is 0 Å². The van der Waals surface area contributed by atoms with E-state index in [0.29, 0.717) is 38.4 Å². The van der Waals surface area contributed by atoms with Gasteiger partial charge in [-0.3, -0.25) is 9.78 Å². The third kappa shape index (κ3) is 6.76. The Hall–Kier alpha value is -3.96. The molecule has 1 aromatic carbocycles. The molecule has 12 heteroatoms. The molecule has 0 aliphatic carbocycles. The van der Waals surface area contributed by atoms with Gasteiger partial charge >= 0.3 is 12.1 Å². The van der Waals surface area contributed by atoms with E-state index in [2.05, 4.69) is 15.3 Å². The molecule has 0 spiro atoms. The van der Waals surface area contributed by atoms with Crippen LogP contribution in [0.5, 0.6) is 5.75 Å². The third-order valence-corrected chi connectivity index (χ3v) is 4.64. The largest absolute Gasteiger partial charge is 0.490 e. The second kappa shape index (κ2) is 10.6. The predicted molar refractivity (Wildman–Crippen MR) is 108 cm³/mol. The van der Waals surface area contributed by atoms with Crippen molar-refractivity contribution in [2.45, 2.75) is 32.3 Å². The topological polar surface area (TPSA) is 110 Å². The van der Waals surface area contributed by atoms with Crippen LogP contribution < -0.4 is 4.74 Å². The summed E-state index contributed by atoms with van der Waals surface area (Å²) in [6, 6.07) is 13.5. The lowest BCUT2D eigenvalue weighted by molar-refractivity contribution is -0.192. The number of nitrogens with zero attached hydrogens (tertiary/aromatic N) is 5. The number of carbonyl (C=O) groups is 2. The highest BCUT2D eigenvalue weighted by molar-refractivity contribution is 5.78. The number of alkyl halides is 3. The van der Waals surface area contributed by atoms with Crippen molar-refractivity contribution in [2.24, 2.45) is 0 Å². The normalized spacial score (nSPS) is 12.9. The average Bonchev–Trinajstić information content (AvgIpc) is 3.21. The van der Waals surface area contributed by atoms with E-state index in [4.69, 9.17) is 14.6 Å². The number of carbonyl (C=O) groups excluding carboxylic acids is 1. The first-order valence-corrected chi connectivity index (χ1v) is 9.80. The van der Waals surface area contributed by atoms with Crippen molar-refractivity contribution in [3.8, 4) is 5.75 Å². The molecular formula is C21H20F3N5O4.